The van der Waals surface area contributed by atoms with E-state index in [0.717, 1.165) is 39.1 Å². The lowest BCUT2D eigenvalue weighted by Gasteiger charge is -2.24. The maximum absolute atomic E-state index is 5.45. The molecule has 0 spiro atoms. The number of hydrogen-bond donors (Lipinski definition) is 1. The molecule has 0 radical (unpaired) electrons. The van der Waals surface area contributed by atoms with Crippen LogP contribution < -0.4 is 5.32 Å². The zero-order valence-electron chi connectivity index (χ0n) is 9.20. The molecule has 4 nitrogen and oxygen atoms in total. The van der Waals surface area contributed by atoms with Crippen LogP contribution in [0.1, 0.15) is 19.3 Å². The number of likely N-dealkylation sites (N-methyl/N-ethyl adjacent to an activating group) is 1. The number of hydrogen-bond acceptors (Lipinski definition) is 4. The molecule has 1 unspecified atom stereocenters. The molecule has 0 amide bonds. The van der Waals surface area contributed by atoms with E-state index in [4.69, 9.17) is 14.2 Å². The van der Waals surface area contributed by atoms with E-state index in [9.17, 15) is 0 Å². The summed E-state index contributed by atoms with van der Waals surface area (Å²) in [6, 6.07) is 0.313. The van der Waals surface area contributed by atoms with E-state index in [1.165, 1.54) is 5.57 Å². The van der Waals surface area contributed by atoms with E-state index in [0.29, 0.717) is 6.04 Å². The van der Waals surface area contributed by atoms with Gasteiger partial charge < -0.3 is 19.5 Å². The zero-order chi connectivity index (χ0) is 10.5. The number of ether oxygens (including phenoxy) is 3. The topological polar surface area (TPSA) is 39.7 Å². The third-order valence-electron chi connectivity index (χ3n) is 2.88. The average molecular weight is 213 g/mol. The summed E-state index contributed by atoms with van der Waals surface area (Å²) in [6.07, 6.45) is 4.92. The Morgan fingerprint density at radius 3 is 2.80 bits per heavy atom. The average Bonchev–Trinajstić information content (AvgIpc) is 2.80. The summed E-state index contributed by atoms with van der Waals surface area (Å²) in [4.78, 5) is 0. The van der Waals surface area contributed by atoms with Crippen molar-refractivity contribution in [1.29, 1.82) is 0 Å². The van der Waals surface area contributed by atoms with Crippen LogP contribution in [0.15, 0.2) is 11.8 Å². The fourth-order valence-electron chi connectivity index (χ4n) is 2.03. The SMILES string of the molecule is CNC(CC1OCCO1)C1=COCCC1. The molecule has 15 heavy (non-hydrogen) atoms. The minimum absolute atomic E-state index is 0.0507. The van der Waals surface area contributed by atoms with Gasteiger partial charge in [0.1, 0.15) is 0 Å². The third-order valence-corrected chi connectivity index (χ3v) is 2.88. The second-order valence-electron chi connectivity index (χ2n) is 3.92. The van der Waals surface area contributed by atoms with Crippen molar-refractivity contribution in [2.75, 3.05) is 26.9 Å². The molecule has 1 atom stereocenters. The Hall–Kier alpha value is -0.580. The van der Waals surface area contributed by atoms with E-state index in [-0.39, 0.29) is 6.29 Å². The van der Waals surface area contributed by atoms with Crippen LogP contribution in [0.5, 0.6) is 0 Å². The summed E-state index contributed by atoms with van der Waals surface area (Å²) >= 11 is 0. The van der Waals surface area contributed by atoms with Gasteiger partial charge in [-0.25, -0.2) is 0 Å². The zero-order valence-corrected chi connectivity index (χ0v) is 9.20. The van der Waals surface area contributed by atoms with Crippen molar-refractivity contribution in [3.63, 3.8) is 0 Å². The Labute approximate surface area is 90.6 Å². The molecule has 0 aromatic heterocycles. The van der Waals surface area contributed by atoms with E-state index in [1.54, 1.807) is 0 Å². The van der Waals surface area contributed by atoms with Crippen molar-refractivity contribution in [1.82, 2.24) is 5.32 Å². The van der Waals surface area contributed by atoms with Gasteiger partial charge in [-0.3, -0.25) is 0 Å². The summed E-state index contributed by atoms with van der Waals surface area (Å²) in [6.45, 7) is 2.28. The Kier molecular flexibility index (Phi) is 4.00. The maximum atomic E-state index is 5.45. The fraction of sp³-hybridized carbons (Fsp3) is 0.818. The molecule has 0 aromatic carbocycles. The summed E-state index contributed by atoms with van der Waals surface area (Å²) in [5, 5.41) is 3.29. The first-order chi connectivity index (χ1) is 7.40. The molecule has 2 aliphatic rings. The molecule has 0 aromatic rings. The van der Waals surface area contributed by atoms with Crippen molar-refractivity contribution in [2.45, 2.75) is 31.6 Å². The first-order valence-electron chi connectivity index (χ1n) is 5.61. The van der Waals surface area contributed by atoms with Gasteiger partial charge in [0.25, 0.3) is 0 Å². The molecule has 4 heteroatoms. The normalized spacial score (nSPS) is 24.7. The van der Waals surface area contributed by atoms with Crippen molar-refractivity contribution < 1.29 is 14.2 Å². The van der Waals surface area contributed by atoms with Crippen LogP contribution in [0, 0.1) is 0 Å². The van der Waals surface area contributed by atoms with Crippen molar-refractivity contribution in [2.24, 2.45) is 0 Å². The summed E-state index contributed by atoms with van der Waals surface area (Å²) in [5.74, 6) is 0. The highest BCUT2D eigenvalue weighted by atomic mass is 16.7. The smallest absolute Gasteiger partial charge is 0.159 e. The van der Waals surface area contributed by atoms with Crippen LogP contribution in [0.3, 0.4) is 0 Å². The van der Waals surface area contributed by atoms with Crippen molar-refractivity contribution in [3.05, 3.63) is 11.8 Å². The second kappa shape index (κ2) is 5.49. The molecule has 1 saturated heterocycles. The van der Waals surface area contributed by atoms with E-state index >= 15 is 0 Å². The van der Waals surface area contributed by atoms with Crippen LogP contribution in [-0.4, -0.2) is 39.2 Å². The van der Waals surface area contributed by atoms with E-state index in [2.05, 4.69) is 5.32 Å². The second-order valence-corrected chi connectivity index (χ2v) is 3.92. The van der Waals surface area contributed by atoms with Crippen LogP contribution in [0.4, 0.5) is 0 Å². The Morgan fingerprint density at radius 2 is 2.20 bits per heavy atom. The molecule has 0 saturated carbocycles. The molecule has 0 aliphatic carbocycles. The van der Waals surface area contributed by atoms with Gasteiger partial charge in [0.15, 0.2) is 6.29 Å². The standard InChI is InChI=1S/C11H19NO3/c1-12-10(7-11-14-5-6-15-11)9-3-2-4-13-8-9/h8,10-12H,2-7H2,1H3. The first-order valence-corrected chi connectivity index (χ1v) is 5.61. The lowest BCUT2D eigenvalue weighted by Crippen LogP contribution is -2.33. The first kappa shape index (κ1) is 10.9. The number of nitrogens with one attached hydrogen (secondary N) is 1. The van der Waals surface area contributed by atoms with Crippen molar-refractivity contribution in [3.8, 4) is 0 Å². The summed E-state index contributed by atoms with van der Waals surface area (Å²) in [5.41, 5.74) is 1.32. The monoisotopic (exact) mass is 213 g/mol. The van der Waals surface area contributed by atoms with Gasteiger partial charge in [0.05, 0.1) is 26.1 Å². The maximum Gasteiger partial charge on any atom is 0.159 e. The van der Waals surface area contributed by atoms with Gasteiger partial charge in [0.2, 0.25) is 0 Å². The van der Waals surface area contributed by atoms with E-state index < -0.39 is 0 Å². The molecular formula is C11H19NO3. The van der Waals surface area contributed by atoms with Gasteiger partial charge in [-0.1, -0.05) is 0 Å². The highest BCUT2D eigenvalue weighted by molar-refractivity contribution is 5.09. The minimum Gasteiger partial charge on any atom is -0.501 e. The molecule has 86 valence electrons. The highest BCUT2D eigenvalue weighted by Gasteiger charge is 2.23. The van der Waals surface area contributed by atoms with Gasteiger partial charge in [-0.2, -0.15) is 0 Å². The molecule has 2 aliphatic heterocycles. The minimum atomic E-state index is -0.0507. The Morgan fingerprint density at radius 1 is 1.40 bits per heavy atom. The summed E-state index contributed by atoms with van der Waals surface area (Å²) < 4.78 is 16.2. The predicted octanol–water partition coefficient (Wildman–Crippen LogP) is 1.03. The van der Waals surface area contributed by atoms with Gasteiger partial charge in [-0.05, 0) is 25.5 Å². The lowest BCUT2D eigenvalue weighted by molar-refractivity contribution is -0.0507. The largest absolute Gasteiger partial charge is 0.501 e. The Bertz CT molecular complexity index is 224. The van der Waals surface area contributed by atoms with Crippen LogP contribution in [0.25, 0.3) is 0 Å². The van der Waals surface area contributed by atoms with Gasteiger partial charge in [-0.15, -0.1) is 0 Å². The van der Waals surface area contributed by atoms with E-state index in [1.807, 2.05) is 13.3 Å². The molecular weight excluding hydrogens is 194 g/mol. The molecule has 1 fully saturated rings. The van der Waals surface area contributed by atoms with Crippen molar-refractivity contribution >= 4 is 0 Å². The molecule has 1 N–H and O–H groups in total. The van der Waals surface area contributed by atoms with Crippen LogP contribution in [0.2, 0.25) is 0 Å². The van der Waals surface area contributed by atoms with Crippen LogP contribution >= 0.6 is 0 Å². The molecule has 2 rings (SSSR count). The number of rotatable bonds is 4. The Balaban J connectivity index is 1.87. The predicted molar refractivity (Wildman–Crippen MR) is 56.4 cm³/mol. The van der Waals surface area contributed by atoms with Gasteiger partial charge >= 0.3 is 0 Å². The highest BCUT2D eigenvalue weighted by Crippen LogP contribution is 2.21. The van der Waals surface area contributed by atoms with Crippen LogP contribution in [-0.2, 0) is 14.2 Å². The van der Waals surface area contributed by atoms with Gasteiger partial charge in [0, 0.05) is 12.5 Å². The third kappa shape index (κ3) is 2.93. The molecule has 2 heterocycles. The fourth-order valence-corrected chi connectivity index (χ4v) is 2.03. The summed E-state index contributed by atoms with van der Waals surface area (Å²) in [7, 11) is 1.97. The molecule has 0 bridgehead atoms. The quantitative estimate of drug-likeness (QED) is 0.757. The lowest BCUT2D eigenvalue weighted by atomic mass is 9.99.